The van der Waals surface area contributed by atoms with Crippen molar-refractivity contribution in [3.63, 3.8) is 0 Å². The Morgan fingerprint density at radius 2 is 1.71 bits per heavy atom. The van der Waals surface area contributed by atoms with Crippen LogP contribution in [0.2, 0.25) is 0 Å². The number of hydrogen-bond acceptors (Lipinski definition) is 4. The summed E-state index contributed by atoms with van der Waals surface area (Å²) in [5.74, 6) is 0.291. The maximum atomic E-state index is 12.6. The van der Waals surface area contributed by atoms with Crippen LogP contribution in [0.5, 0.6) is 0 Å². The molecule has 1 aromatic carbocycles. The first kappa shape index (κ1) is 16.8. The van der Waals surface area contributed by atoms with Gasteiger partial charge in [0, 0.05) is 45.0 Å². The van der Waals surface area contributed by atoms with Crippen molar-refractivity contribution >= 4 is 11.6 Å². The molecule has 1 atom stereocenters. The van der Waals surface area contributed by atoms with Gasteiger partial charge in [0.2, 0.25) is 5.91 Å². The quantitative estimate of drug-likeness (QED) is 0.853. The molecular formula is C19H26N4O. The average Bonchev–Trinajstić information content (AvgIpc) is 3.05. The summed E-state index contributed by atoms with van der Waals surface area (Å²) in [4.78, 5) is 19.3. The molecule has 24 heavy (non-hydrogen) atoms. The molecule has 2 saturated heterocycles. The lowest BCUT2D eigenvalue weighted by molar-refractivity contribution is -0.135. The van der Waals surface area contributed by atoms with Gasteiger partial charge in [-0.25, -0.2) is 0 Å². The second-order valence-corrected chi connectivity index (χ2v) is 6.74. The van der Waals surface area contributed by atoms with Gasteiger partial charge in [-0.05, 0) is 50.5 Å². The zero-order chi connectivity index (χ0) is 16.9. The summed E-state index contributed by atoms with van der Waals surface area (Å²) in [6.45, 7) is 7.69. The summed E-state index contributed by atoms with van der Waals surface area (Å²) in [5.41, 5.74) is 1.86. The number of benzene rings is 1. The molecule has 1 amide bonds. The van der Waals surface area contributed by atoms with E-state index in [4.69, 9.17) is 5.26 Å². The molecule has 0 aromatic heterocycles. The summed E-state index contributed by atoms with van der Waals surface area (Å²) >= 11 is 0. The van der Waals surface area contributed by atoms with Crippen molar-refractivity contribution in [2.24, 2.45) is 0 Å². The molecule has 0 saturated carbocycles. The van der Waals surface area contributed by atoms with Gasteiger partial charge >= 0.3 is 0 Å². The second kappa shape index (κ2) is 7.67. The molecule has 0 spiro atoms. The molecule has 128 valence electrons. The smallest absolute Gasteiger partial charge is 0.239 e. The van der Waals surface area contributed by atoms with E-state index < -0.39 is 0 Å². The highest BCUT2D eigenvalue weighted by atomic mass is 16.2. The Morgan fingerprint density at radius 1 is 1.00 bits per heavy atom. The van der Waals surface area contributed by atoms with Gasteiger partial charge in [-0.15, -0.1) is 0 Å². The maximum Gasteiger partial charge on any atom is 0.239 e. The van der Waals surface area contributed by atoms with Gasteiger partial charge in [-0.3, -0.25) is 9.69 Å². The number of rotatable bonds is 3. The molecule has 2 fully saturated rings. The third kappa shape index (κ3) is 3.70. The van der Waals surface area contributed by atoms with E-state index in [1.165, 1.54) is 0 Å². The Bertz CT molecular complexity index is 601. The Morgan fingerprint density at radius 3 is 2.38 bits per heavy atom. The molecule has 5 heteroatoms. The molecule has 1 aromatic rings. The molecule has 0 aliphatic carbocycles. The molecule has 2 aliphatic heterocycles. The van der Waals surface area contributed by atoms with Gasteiger partial charge in [-0.1, -0.05) is 0 Å². The van der Waals surface area contributed by atoms with Crippen LogP contribution in [0.1, 0.15) is 31.7 Å². The zero-order valence-electron chi connectivity index (χ0n) is 14.4. The molecule has 0 bridgehead atoms. The van der Waals surface area contributed by atoms with Crippen molar-refractivity contribution in [1.29, 1.82) is 5.26 Å². The predicted octanol–water partition coefficient (Wildman–Crippen LogP) is 2.08. The van der Waals surface area contributed by atoms with Crippen LogP contribution < -0.4 is 4.90 Å². The van der Waals surface area contributed by atoms with E-state index in [2.05, 4.69) is 22.8 Å². The van der Waals surface area contributed by atoms with Gasteiger partial charge < -0.3 is 9.80 Å². The van der Waals surface area contributed by atoms with E-state index in [1.807, 2.05) is 29.2 Å². The van der Waals surface area contributed by atoms with Crippen molar-refractivity contribution in [3.05, 3.63) is 29.8 Å². The second-order valence-electron chi connectivity index (χ2n) is 6.74. The van der Waals surface area contributed by atoms with Gasteiger partial charge in [0.15, 0.2) is 0 Å². The SMILES string of the molecule is CC(C(=O)N1CCCC1)N1CCCN(c2ccc(C#N)cc2)CC1. The van der Waals surface area contributed by atoms with Crippen LogP contribution in [-0.4, -0.2) is 61.0 Å². The van der Waals surface area contributed by atoms with Crippen LogP contribution in [0.3, 0.4) is 0 Å². The fourth-order valence-electron chi connectivity index (χ4n) is 3.69. The van der Waals surface area contributed by atoms with Crippen molar-refractivity contribution in [2.75, 3.05) is 44.2 Å². The van der Waals surface area contributed by atoms with Crippen LogP contribution >= 0.6 is 0 Å². The third-order valence-electron chi connectivity index (χ3n) is 5.21. The predicted molar refractivity (Wildman–Crippen MR) is 94.8 cm³/mol. The van der Waals surface area contributed by atoms with E-state index in [-0.39, 0.29) is 6.04 Å². The van der Waals surface area contributed by atoms with Gasteiger partial charge in [0.05, 0.1) is 17.7 Å². The molecule has 0 N–H and O–H groups in total. The fourth-order valence-corrected chi connectivity index (χ4v) is 3.69. The van der Waals surface area contributed by atoms with E-state index in [9.17, 15) is 4.79 Å². The molecule has 0 radical (unpaired) electrons. The summed E-state index contributed by atoms with van der Waals surface area (Å²) in [6.07, 6.45) is 3.34. The minimum absolute atomic E-state index is 0.0241. The topological polar surface area (TPSA) is 50.6 Å². The minimum atomic E-state index is -0.0241. The monoisotopic (exact) mass is 326 g/mol. The molecule has 5 nitrogen and oxygen atoms in total. The molecule has 1 unspecified atom stereocenters. The van der Waals surface area contributed by atoms with Crippen molar-refractivity contribution in [1.82, 2.24) is 9.80 Å². The fraction of sp³-hybridized carbons (Fsp3) is 0.579. The third-order valence-corrected chi connectivity index (χ3v) is 5.21. The number of hydrogen-bond donors (Lipinski definition) is 0. The van der Waals surface area contributed by atoms with E-state index in [1.54, 1.807) is 0 Å². The summed E-state index contributed by atoms with van der Waals surface area (Å²) in [5, 5.41) is 8.92. The summed E-state index contributed by atoms with van der Waals surface area (Å²) in [7, 11) is 0. The normalized spacial score (nSPS) is 20.5. The Balaban J connectivity index is 1.59. The number of nitriles is 1. The molecule has 3 rings (SSSR count). The standard InChI is InChI=1S/C19H26N4O/c1-16(19(24)23-9-2-3-10-23)21-11-4-12-22(14-13-21)18-7-5-17(15-20)6-8-18/h5-8,16H,2-4,9-14H2,1H3. The first-order valence-electron chi connectivity index (χ1n) is 8.97. The lowest BCUT2D eigenvalue weighted by atomic mass is 10.2. The lowest BCUT2D eigenvalue weighted by Crippen LogP contribution is -2.47. The number of anilines is 1. The number of likely N-dealkylation sites (tertiary alicyclic amines) is 1. The lowest BCUT2D eigenvalue weighted by Gasteiger charge is -2.30. The maximum absolute atomic E-state index is 12.6. The highest BCUT2D eigenvalue weighted by Crippen LogP contribution is 2.19. The van der Waals surface area contributed by atoms with Gasteiger partial charge in [-0.2, -0.15) is 5.26 Å². The Labute approximate surface area is 144 Å². The number of nitrogens with zero attached hydrogens (tertiary/aromatic N) is 4. The largest absolute Gasteiger partial charge is 0.370 e. The molecule has 2 heterocycles. The van der Waals surface area contributed by atoms with Crippen molar-refractivity contribution < 1.29 is 4.79 Å². The Hall–Kier alpha value is -2.06. The van der Waals surface area contributed by atoms with Crippen LogP contribution in [-0.2, 0) is 4.79 Å². The minimum Gasteiger partial charge on any atom is -0.370 e. The highest BCUT2D eigenvalue weighted by molar-refractivity contribution is 5.81. The van der Waals surface area contributed by atoms with Crippen LogP contribution in [0, 0.1) is 11.3 Å². The van der Waals surface area contributed by atoms with Crippen LogP contribution in [0.25, 0.3) is 0 Å². The summed E-state index contributed by atoms with van der Waals surface area (Å²) < 4.78 is 0. The van der Waals surface area contributed by atoms with Crippen LogP contribution in [0.15, 0.2) is 24.3 Å². The average molecular weight is 326 g/mol. The van der Waals surface area contributed by atoms with Crippen molar-refractivity contribution in [2.45, 2.75) is 32.2 Å². The first-order chi connectivity index (χ1) is 11.7. The van der Waals surface area contributed by atoms with E-state index >= 15 is 0 Å². The number of amides is 1. The highest BCUT2D eigenvalue weighted by Gasteiger charge is 2.28. The number of carbonyl (C=O) groups excluding carboxylic acids is 1. The molecule has 2 aliphatic rings. The molecular weight excluding hydrogens is 300 g/mol. The van der Waals surface area contributed by atoms with E-state index in [0.29, 0.717) is 11.5 Å². The summed E-state index contributed by atoms with van der Waals surface area (Å²) in [6, 6.07) is 9.92. The van der Waals surface area contributed by atoms with Gasteiger partial charge in [0.25, 0.3) is 0 Å². The van der Waals surface area contributed by atoms with Crippen LogP contribution in [0.4, 0.5) is 5.69 Å². The van der Waals surface area contributed by atoms with Gasteiger partial charge in [0.1, 0.15) is 0 Å². The zero-order valence-corrected chi connectivity index (χ0v) is 14.4. The van der Waals surface area contributed by atoms with E-state index in [0.717, 1.165) is 64.2 Å². The Kier molecular flexibility index (Phi) is 5.37. The first-order valence-corrected chi connectivity index (χ1v) is 8.97. The van der Waals surface area contributed by atoms with Crippen molar-refractivity contribution in [3.8, 4) is 6.07 Å². The number of carbonyl (C=O) groups is 1.